The SMILES string of the molecule is COc1ccc([C@@H]2c3c(n(C)c(=O)n(C)c3=O)N=C3c4ccccc4C(=O)[C@@H]32)cc1. The third kappa shape index (κ3) is 2.32. The number of methoxy groups -OCH3 is 1. The predicted molar refractivity (Wildman–Crippen MR) is 112 cm³/mol. The number of benzene rings is 2. The summed E-state index contributed by atoms with van der Waals surface area (Å²) in [6.07, 6.45) is 0. The van der Waals surface area contributed by atoms with Crippen molar-refractivity contribution in [3.8, 4) is 5.75 Å². The summed E-state index contributed by atoms with van der Waals surface area (Å²) in [6, 6.07) is 14.6. The number of fused-ring (bicyclic) bond motifs is 4. The van der Waals surface area contributed by atoms with Gasteiger partial charge in [0.25, 0.3) is 5.56 Å². The summed E-state index contributed by atoms with van der Waals surface area (Å²) in [5.74, 6) is -0.248. The molecule has 1 aliphatic carbocycles. The number of Topliss-reactive ketones (excluding diaryl/α,β-unsaturated/α-hetero) is 1. The minimum absolute atomic E-state index is 0.0632. The van der Waals surface area contributed by atoms with Gasteiger partial charge in [0.1, 0.15) is 11.6 Å². The molecule has 0 saturated heterocycles. The molecule has 0 unspecified atom stereocenters. The maximum Gasteiger partial charge on any atom is 0.332 e. The minimum atomic E-state index is -0.617. The minimum Gasteiger partial charge on any atom is -0.497 e. The van der Waals surface area contributed by atoms with Crippen LogP contribution in [0.1, 0.15) is 33.0 Å². The molecule has 150 valence electrons. The highest BCUT2D eigenvalue weighted by Gasteiger charge is 2.47. The first-order valence-electron chi connectivity index (χ1n) is 9.60. The van der Waals surface area contributed by atoms with Crippen LogP contribution in [0.4, 0.5) is 5.82 Å². The number of hydrogen-bond donors (Lipinski definition) is 0. The van der Waals surface area contributed by atoms with Crippen LogP contribution in [0, 0.1) is 5.92 Å². The molecule has 1 aromatic heterocycles. The number of hydrogen-bond acceptors (Lipinski definition) is 5. The molecule has 7 nitrogen and oxygen atoms in total. The average molecular weight is 401 g/mol. The van der Waals surface area contributed by atoms with Crippen molar-refractivity contribution in [2.24, 2.45) is 25.0 Å². The van der Waals surface area contributed by atoms with Crippen LogP contribution in [0.3, 0.4) is 0 Å². The Morgan fingerprint density at radius 1 is 0.867 bits per heavy atom. The summed E-state index contributed by atoms with van der Waals surface area (Å²) in [7, 11) is 4.62. The van der Waals surface area contributed by atoms with Gasteiger partial charge in [-0.05, 0) is 17.7 Å². The van der Waals surface area contributed by atoms with Gasteiger partial charge in [0, 0.05) is 31.1 Å². The van der Waals surface area contributed by atoms with Crippen molar-refractivity contribution < 1.29 is 9.53 Å². The van der Waals surface area contributed by atoms with Crippen molar-refractivity contribution in [1.82, 2.24) is 9.13 Å². The van der Waals surface area contributed by atoms with Crippen LogP contribution in [0.25, 0.3) is 0 Å². The van der Waals surface area contributed by atoms with Gasteiger partial charge < -0.3 is 4.74 Å². The molecule has 3 aromatic rings. The van der Waals surface area contributed by atoms with E-state index in [1.807, 2.05) is 30.3 Å². The number of nitrogens with zero attached hydrogens (tertiary/aromatic N) is 3. The lowest BCUT2D eigenvalue weighted by molar-refractivity contribution is 0.0953. The van der Waals surface area contributed by atoms with E-state index in [9.17, 15) is 14.4 Å². The highest BCUT2D eigenvalue weighted by molar-refractivity contribution is 6.30. The van der Waals surface area contributed by atoms with Gasteiger partial charge in [-0.25, -0.2) is 9.79 Å². The molecule has 1 aliphatic heterocycles. The summed E-state index contributed by atoms with van der Waals surface area (Å²) in [6.45, 7) is 0. The molecule has 0 amide bonds. The molecule has 0 N–H and O–H groups in total. The Kier molecular flexibility index (Phi) is 3.89. The number of carbonyl (C=O) groups is 1. The monoisotopic (exact) mass is 401 g/mol. The first-order chi connectivity index (χ1) is 14.4. The second-order valence-corrected chi connectivity index (χ2v) is 7.58. The Hall–Kier alpha value is -3.74. The van der Waals surface area contributed by atoms with Crippen LogP contribution in [0.2, 0.25) is 0 Å². The molecule has 0 saturated carbocycles. The van der Waals surface area contributed by atoms with Gasteiger partial charge in [-0.15, -0.1) is 0 Å². The van der Waals surface area contributed by atoms with Crippen molar-refractivity contribution >= 4 is 17.3 Å². The summed E-state index contributed by atoms with van der Waals surface area (Å²) in [5.41, 5.74) is 2.23. The van der Waals surface area contributed by atoms with Gasteiger partial charge in [-0.1, -0.05) is 36.4 Å². The van der Waals surface area contributed by atoms with Crippen molar-refractivity contribution in [2.45, 2.75) is 5.92 Å². The van der Waals surface area contributed by atoms with Crippen LogP contribution in [-0.2, 0) is 14.1 Å². The molecule has 0 fully saturated rings. The molecule has 2 aliphatic rings. The smallest absolute Gasteiger partial charge is 0.332 e. The van der Waals surface area contributed by atoms with E-state index in [0.29, 0.717) is 28.4 Å². The third-order valence-electron chi connectivity index (χ3n) is 6.06. The molecule has 2 heterocycles. The van der Waals surface area contributed by atoms with Crippen LogP contribution in [-0.4, -0.2) is 27.7 Å². The van der Waals surface area contributed by atoms with Crippen LogP contribution < -0.4 is 16.0 Å². The number of aliphatic imine (C=N–C) groups is 1. The Labute approximate surface area is 171 Å². The summed E-state index contributed by atoms with van der Waals surface area (Å²) in [4.78, 5) is 43.9. The zero-order chi connectivity index (χ0) is 21.2. The van der Waals surface area contributed by atoms with Gasteiger partial charge in [-0.2, -0.15) is 0 Å². The van der Waals surface area contributed by atoms with Gasteiger partial charge in [0.15, 0.2) is 5.78 Å². The van der Waals surface area contributed by atoms with Gasteiger partial charge in [-0.3, -0.25) is 18.7 Å². The van der Waals surface area contributed by atoms with Crippen molar-refractivity contribution in [2.75, 3.05) is 7.11 Å². The number of carbonyl (C=O) groups excluding carboxylic acids is 1. The lowest BCUT2D eigenvalue weighted by Crippen LogP contribution is -2.43. The number of aromatic nitrogens is 2. The third-order valence-corrected chi connectivity index (χ3v) is 6.06. The molecule has 2 atom stereocenters. The quantitative estimate of drug-likeness (QED) is 0.659. The summed E-state index contributed by atoms with van der Waals surface area (Å²) < 4.78 is 7.71. The van der Waals surface area contributed by atoms with Crippen LogP contribution in [0.5, 0.6) is 5.75 Å². The largest absolute Gasteiger partial charge is 0.497 e. The van der Waals surface area contributed by atoms with Crippen molar-refractivity contribution in [3.05, 3.63) is 91.6 Å². The van der Waals surface area contributed by atoms with Crippen molar-refractivity contribution in [3.63, 3.8) is 0 Å². The molecule has 30 heavy (non-hydrogen) atoms. The maximum absolute atomic E-state index is 13.4. The van der Waals surface area contributed by atoms with Gasteiger partial charge in [0.05, 0.1) is 24.3 Å². The molecule has 5 rings (SSSR count). The second kappa shape index (κ2) is 6.38. The lowest BCUT2D eigenvalue weighted by atomic mass is 9.76. The lowest BCUT2D eigenvalue weighted by Gasteiger charge is -2.29. The summed E-state index contributed by atoms with van der Waals surface area (Å²) >= 11 is 0. The number of ether oxygens (including phenoxy) is 1. The normalized spacial score (nSPS) is 19.0. The first-order valence-corrected chi connectivity index (χ1v) is 9.60. The second-order valence-electron chi connectivity index (χ2n) is 7.58. The standard InChI is InChI=1S/C23H19N3O4/c1-25-21-18(22(28)26(2)23(25)29)16(12-8-10-13(30-3)11-9-12)17-19(24-21)14-6-4-5-7-15(14)20(17)27/h4-11,16-17H,1-3H3/t16-,17+/m0/s1. The number of ketones is 1. The van der Waals surface area contributed by atoms with E-state index >= 15 is 0 Å². The highest BCUT2D eigenvalue weighted by atomic mass is 16.5. The fourth-order valence-electron chi connectivity index (χ4n) is 4.54. The van der Waals surface area contributed by atoms with Gasteiger partial charge >= 0.3 is 5.69 Å². The highest BCUT2D eigenvalue weighted by Crippen LogP contribution is 2.46. The zero-order valence-corrected chi connectivity index (χ0v) is 16.7. The van der Waals surface area contributed by atoms with E-state index in [2.05, 4.69) is 0 Å². The first kappa shape index (κ1) is 18.3. The molecule has 2 aromatic carbocycles. The number of rotatable bonds is 2. The zero-order valence-electron chi connectivity index (χ0n) is 16.7. The molecule has 0 radical (unpaired) electrons. The van der Waals surface area contributed by atoms with E-state index in [1.54, 1.807) is 32.4 Å². The van der Waals surface area contributed by atoms with E-state index < -0.39 is 23.1 Å². The molecule has 0 spiro atoms. The molecular formula is C23H19N3O4. The Balaban J connectivity index is 1.87. The Bertz CT molecular complexity index is 1360. The summed E-state index contributed by atoms with van der Waals surface area (Å²) in [5, 5.41) is 0. The molecular weight excluding hydrogens is 382 g/mol. The molecule has 7 heteroatoms. The average Bonchev–Trinajstić information content (AvgIpc) is 3.07. The topological polar surface area (TPSA) is 82.7 Å². The fourth-order valence-corrected chi connectivity index (χ4v) is 4.54. The van der Waals surface area contributed by atoms with Crippen molar-refractivity contribution in [1.29, 1.82) is 0 Å². The predicted octanol–water partition coefficient (Wildman–Crippen LogP) is 2.17. The van der Waals surface area contributed by atoms with Crippen LogP contribution >= 0.6 is 0 Å². The van der Waals surface area contributed by atoms with E-state index in [-0.39, 0.29) is 5.78 Å². The maximum atomic E-state index is 13.4. The van der Waals surface area contributed by atoms with E-state index in [0.717, 1.165) is 15.7 Å². The fraction of sp³-hybridized carbons (Fsp3) is 0.217. The van der Waals surface area contributed by atoms with E-state index in [1.165, 1.54) is 11.6 Å². The Morgan fingerprint density at radius 2 is 1.53 bits per heavy atom. The van der Waals surface area contributed by atoms with E-state index in [4.69, 9.17) is 9.73 Å². The molecule has 0 bridgehead atoms. The van der Waals surface area contributed by atoms with Crippen LogP contribution in [0.15, 0.2) is 63.1 Å². The van der Waals surface area contributed by atoms with Gasteiger partial charge in [0.2, 0.25) is 0 Å². The Morgan fingerprint density at radius 3 is 2.20 bits per heavy atom.